The quantitative estimate of drug-likeness (QED) is 0.417. The van der Waals surface area contributed by atoms with Gasteiger partial charge in [-0.3, -0.25) is 14.5 Å². The fourth-order valence-corrected chi connectivity index (χ4v) is 4.05. The minimum atomic E-state index is -0.226. The molecule has 0 saturated carbocycles. The molecule has 0 aliphatic carbocycles. The molecule has 8 heteroatoms. The number of thioether (sulfide) groups is 1. The van der Waals surface area contributed by atoms with Crippen molar-refractivity contribution in [2.75, 3.05) is 33.8 Å². The van der Waals surface area contributed by atoms with Crippen molar-refractivity contribution in [1.29, 1.82) is 0 Å². The topological polar surface area (TPSA) is 51.1 Å². The van der Waals surface area contributed by atoms with Crippen LogP contribution in [0.1, 0.15) is 17.7 Å². The second kappa shape index (κ2) is 9.31. The molecule has 0 atom stereocenters. The largest absolute Gasteiger partial charge is 0.460 e. The summed E-state index contributed by atoms with van der Waals surface area (Å²) in [6.07, 6.45) is 2.71. The first-order valence-corrected chi connectivity index (χ1v) is 9.81. The molecule has 1 amide bonds. The van der Waals surface area contributed by atoms with E-state index in [1.54, 1.807) is 16.2 Å². The normalized spacial score (nSPS) is 16.5. The van der Waals surface area contributed by atoms with Gasteiger partial charge in [0.05, 0.1) is 19.0 Å². The molecule has 0 aromatic carbocycles. The number of hydrogen-bond acceptors (Lipinski definition) is 6. The maximum Gasteiger partial charge on any atom is 0.306 e. The molecule has 1 aromatic heterocycles. The number of nitrogens with one attached hydrogen (secondary N) is 1. The van der Waals surface area contributed by atoms with E-state index in [0.717, 1.165) is 11.4 Å². The van der Waals surface area contributed by atoms with Crippen molar-refractivity contribution in [3.63, 3.8) is 0 Å². The van der Waals surface area contributed by atoms with Gasteiger partial charge in [-0.15, -0.1) is 11.3 Å². The highest BCUT2D eigenvalue weighted by molar-refractivity contribution is 8.26. The number of quaternary nitrogens is 1. The number of ether oxygens (including phenoxy) is 1. The van der Waals surface area contributed by atoms with Crippen molar-refractivity contribution >= 4 is 57.6 Å². The molecule has 24 heavy (non-hydrogen) atoms. The molecule has 1 N–H and O–H groups in total. The smallest absolute Gasteiger partial charge is 0.306 e. The van der Waals surface area contributed by atoms with Crippen LogP contribution in [0.15, 0.2) is 22.4 Å². The summed E-state index contributed by atoms with van der Waals surface area (Å²) >= 11 is 8.17. The predicted octanol–water partition coefficient (Wildman–Crippen LogP) is 1.42. The first-order valence-electron chi connectivity index (χ1n) is 7.71. The van der Waals surface area contributed by atoms with E-state index < -0.39 is 0 Å². The minimum Gasteiger partial charge on any atom is -0.460 e. The van der Waals surface area contributed by atoms with Crippen molar-refractivity contribution in [3.05, 3.63) is 27.3 Å². The Kier molecular flexibility index (Phi) is 7.41. The first kappa shape index (κ1) is 19.1. The molecule has 0 spiro atoms. The number of amides is 1. The van der Waals surface area contributed by atoms with E-state index in [4.69, 9.17) is 17.0 Å². The van der Waals surface area contributed by atoms with Gasteiger partial charge in [-0.25, -0.2) is 0 Å². The van der Waals surface area contributed by atoms with Gasteiger partial charge in [-0.2, -0.15) is 0 Å². The van der Waals surface area contributed by atoms with Gasteiger partial charge < -0.3 is 9.64 Å². The van der Waals surface area contributed by atoms with Crippen LogP contribution in [0, 0.1) is 0 Å². The van der Waals surface area contributed by atoms with E-state index in [1.165, 1.54) is 16.7 Å². The van der Waals surface area contributed by atoms with Crippen molar-refractivity contribution in [3.8, 4) is 0 Å². The summed E-state index contributed by atoms with van der Waals surface area (Å²) in [5.41, 5.74) is 0. The number of thiophene rings is 1. The number of thiocarbonyl (C=S) groups is 1. The number of carbonyl (C=O) groups excluding carboxylic acids is 2. The zero-order valence-corrected chi connectivity index (χ0v) is 16.2. The van der Waals surface area contributed by atoms with Crippen LogP contribution >= 0.6 is 35.3 Å². The van der Waals surface area contributed by atoms with E-state index in [1.807, 2.05) is 37.7 Å². The van der Waals surface area contributed by atoms with Crippen LogP contribution < -0.4 is 4.90 Å². The second-order valence-electron chi connectivity index (χ2n) is 5.63. The summed E-state index contributed by atoms with van der Waals surface area (Å²) in [7, 11) is 4.01. The van der Waals surface area contributed by atoms with Crippen molar-refractivity contribution in [2.24, 2.45) is 0 Å². The van der Waals surface area contributed by atoms with Crippen LogP contribution in [0.5, 0.6) is 0 Å². The van der Waals surface area contributed by atoms with Crippen LogP contribution in [-0.2, 0) is 14.3 Å². The number of esters is 1. The second-order valence-corrected chi connectivity index (χ2v) is 8.28. The fourth-order valence-electron chi connectivity index (χ4n) is 2.02. The molecule has 1 fully saturated rings. The Bertz CT molecular complexity index is 627. The van der Waals surface area contributed by atoms with Crippen LogP contribution in [-0.4, -0.2) is 54.9 Å². The van der Waals surface area contributed by atoms with Crippen LogP contribution in [0.2, 0.25) is 0 Å². The lowest BCUT2D eigenvalue weighted by atomic mass is 10.3. The highest BCUT2D eigenvalue weighted by atomic mass is 32.2. The lowest BCUT2D eigenvalue weighted by Gasteiger charge is -2.14. The van der Waals surface area contributed by atoms with E-state index in [-0.39, 0.29) is 11.9 Å². The van der Waals surface area contributed by atoms with Crippen LogP contribution in [0.3, 0.4) is 0 Å². The summed E-state index contributed by atoms with van der Waals surface area (Å²) in [5.74, 6) is -0.307. The minimum absolute atomic E-state index is 0.0806. The molecule has 5 nitrogen and oxygen atoms in total. The van der Waals surface area contributed by atoms with Gasteiger partial charge in [0.2, 0.25) is 0 Å². The molecule has 2 heterocycles. The molecule has 0 radical (unpaired) electrons. The highest BCUT2D eigenvalue weighted by Gasteiger charge is 2.31. The van der Waals surface area contributed by atoms with Gasteiger partial charge in [0.15, 0.2) is 0 Å². The van der Waals surface area contributed by atoms with Gasteiger partial charge in [0.25, 0.3) is 5.91 Å². The number of nitrogens with zero attached hydrogens (tertiary/aromatic N) is 1. The Labute approximate surface area is 155 Å². The van der Waals surface area contributed by atoms with Crippen molar-refractivity contribution < 1.29 is 19.2 Å². The molecule has 1 aliphatic heterocycles. The third-order valence-corrected chi connectivity index (χ3v) is 5.51. The third-order valence-electron chi connectivity index (χ3n) is 3.32. The fraction of sp³-hybridized carbons (Fsp3) is 0.438. The van der Waals surface area contributed by atoms with Gasteiger partial charge in [-0.05, 0) is 23.9 Å². The molecular weight excluding hydrogens is 364 g/mol. The molecule has 0 unspecified atom stereocenters. The summed E-state index contributed by atoms with van der Waals surface area (Å²) in [6.45, 7) is 1.65. The van der Waals surface area contributed by atoms with E-state index in [0.29, 0.717) is 35.2 Å². The first-order chi connectivity index (χ1) is 11.5. The number of rotatable bonds is 8. The molecule has 1 saturated heterocycles. The molecule has 130 valence electrons. The summed E-state index contributed by atoms with van der Waals surface area (Å²) in [6, 6.07) is 3.91. The average Bonchev–Trinajstić information content (AvgIpc) is 3.11. The van der Waals surface area contributed by atoms with Gasteiger partial charge in [0.1, 0.15) is 17.5 Å². The lowest BCUT2D eigenvalue weighted by molar-refractivity contribution is -0.858. The van der Waals surface area contributed by atoms with E-state index >= 15 is 0 Å². The maximum atomic E-state index is 12.4. The average molecular weight is 386 g/mol. The summed E-state index contributed by atoms with van der Waals surface area (Å²) < 4.78 is 5.70. The number of hydrogen-bond donors (Lipinski definition) is 1. The van der Waals surface area contributed by atoms with Gasteiger partial charge in [0, 0.05) is 17.8 Å². The maximum absolute atomic E-state index is 12.4. The highest BCUT2D eigenvalue weighted by Crippen LogP contribution is 2.33. The molecule has 0 bridgehead atoms. The molecule has 1 aromatic rings. The zero-order valence-electron chi connectivity index (χ0n) is 13.7. The molecule has 2 rings (SSSR count). The van der Waals surface area contributed by atoms with Crippen LogP contribution in [0.4, 0.5) is 0 Å². The third kappa shape index (κ3) is 5.70. The molecular formula is C16H21N2O3S3+. The number of carbonyl (C=O) groups is 2. The monoisotopic (exact) mass is 385 g/mol. The Morgan fingerprint density at radius 2 is 2.25 bits per heavy atom. The summed E-state index contributed by atoms with van der Waals surface area (Å²) in [5, 5.41) is 1.97. The molecule has 1 aliphatic rings. The Morgan fingerprint density at radius 3 is 2.92 bits per heavy atom. The van der Waals surface area contributed by atoms with Gasteiger partial charge >= 0.3 is 5.97 Å². The Hall–Kier alpha value is -1.22. The SMILES string of the molecule is C[NH+](C)CCOC(=O)CCCN1C(=O)C(=Cc2cccs2)SC1=S. The van der Waals surface area contributed by atoms with Gasteiger partial charge in [-0.1, -0.05) is 30.0 Å². The lowest BCUT2D eigenvalue weighted by Crippen LogP contribution is -3.06. The van der Waals surface area contributed by atoms with E-state index in [2.05, 4.69) is 0 Å². The predicted molar refractivity (Wildman–Crippen MR) is 102 cm³/mol. The Morgan fingerprint density at radius 1 is 1.46 bits per heavy atom. The van der Waals surface area contributed by atoms with E-state index in [9.17, 15) is 9.59 Å². The van der Waals surface area contributed by atoms with Crippen LogP contribution in [0.25, 0.3) is 6.08 Å². The van der Waals surface area contributed by atoms with Crippen molar-refractivity contribution in [1.82, 2.24) is 4.90 Å². The van der Waals surface area contributed by atoms with Crippen molar-refractivity contribution in [2.45, 2.75) is 12.8 Å². The standard InChI is InChI=1S/C16H20N2O3S3/c1-17(2)8-9-21-14(19)6-3-7-18-15(20)13(24-16(18)22)11-12-5-4-10-23-12/h4-5,10-11H,3,6-9H2,1-2H3/p+1. The zero-order chi connectivity index (χ0) is 17.5. The Balaban J connectivity index is 1.78. The summed E-state index contributed by atoms with van der Waals surface area (Å²) in [4.78, 5) is 28.5. The number of likely N-dealkylation sites (N-methyl/N-ethyl adjacent to an activating group) is 1.